The fourth-order valence-electron chi connectivity index (χ4n) is 3.27. The molecule has 0 radical (unpaired) electrons. The number of nitrogens with zero attached hydrogens (tertiary/aromatic N) is 1. The predicted octanol–water partition coefficient (Wildman–Crippen LogP) is 6.16. The van der Waals surface area contributed by atoms with E-state index in [1.54, 1.807) is 12.1 Å². The molecule has 0 spiro atoms. The fraction of sp³-hybridized carbons (Fsp3) is 0.125. The molecule has 0 amide bonds. The van der Waals surface area contributed by atoms with Crippen molar-refractivity contribution in [1.29, 1.82) is 0 Å². The van der Waals surface area contributed by atoms with Crippen molar-refractivity contribution < 1.29 is 4.74 Å². The maximum Gasteiger partial charge on any atom is 0.123 e. The molecule has 3 aromatic carbocycles. The summed E-state index contributed by atoms with van der Waals surface area (Å²) in [5, 5.41) is 1.17. The number of imidazole rings is 1. The first-order valence-electron chi connectivity index (χ1n) is 9.57. The minimum Gasteiger partial charge on any atom is -0.489 e. The lowest BCUT2D eigenvalue weighted by Crippen LogP contribution is -2.03. The molecular weight excluding hydrogens is 417 g/mol. The first-order valence-corrected chi connectivity index (χ1v) is 10.3. The van der Waals surface area contributed by atoms with Crippen molar-refractivity contribution in [3.8, 4) is 5.75 Å². The number of aromatic nitrogens is 2. The van der Waals surface area contributed by atoms with Gasteiger partial charge >= 0.3 is 0 Å². The lowest BCUT2D eigenvalue weighted by atomic mass is 10.0. The number of aryl methyl sites for hydroxylation is 2. The van der Waals surface area contributed by atoms with Crippen LogP contribution in [0.2, 0.25) is 10.0 Å². The summed E-state index contributed by atoms with van der Waals surface area (Å²) < 4.78 is 6.13. The van der Waals surface area contributed by atoms with Crippen LogP contribution in [0.5, 0.6) is 5.75 Å². The molecule has 0 aliphatic rings. The van der Waals surface area contributed by atoms with Crippen LogP contribution in [-0.4, -0.2) is 9.97 Å². The minimum atomic E-state index is 0.328. The normalized spacial score (nSPS) is 11.0. The maximum absolute atomic E-state index is 6.29. The SMILES string of the molecule is C=C(N)c1ccc(CCc2nc3ccccc3[nH]2)c(OCc2ccc(Cl)cc2Cl)c1. The molecule has 0 aliphatic carbocycles. The second-order valence-electron chi connectivity index (χ2n) is 7.07. The van der Waals surface area contributed by atoms with Gasteiger partial charge in [-0.25, -0.2) is 4.98 Å². The lowest BCUT2D eigenvalue weighted by Gasteiger charge is -2.14. The summed E-state index contributed by atoms with van der Waals surface area (Å²) in [6.07, 6.45) is 1.52. The van der Waals surface area contributed by atoms with E-state index < -0.39 is 0 Å². The Balaban J connectivity index is 1.54. The van der Waals surface area contributed by atoms with Gasteiger partial charge in [0.2, 0.25) is 0 Å². The summed E-state index contributed by atoms with van der Waals surface area (Å²) in [5.74, 6) is 1.69. The molecule has 152 valence electrons. The number of ether oxygens (including phenoxy) is 1. The van der Waals surface area contributed by atoms with E-state index in [-0.39, 0.29) is 0 Å². The second kappa shape index (κ2) is 8.82. The maximum atomic E-state index is 6.29. The topological polar surface area (TPSA) is 63.9 Å². The van der Waals surface area contributed by atoms with E-state index >= 15 is 0 Å². The zero-order valence-corrected chi connectivity index (χ0v) is 17.8. The third-order valence-electron chi connectivity index (χ3n) is 4.91. The van der Waals surface area contributed by atoms with E-state index in [0.717, 1.165) is 52.1 Å². The number of para-hydroxylation sites is 2. The molecule has 0 saturated carbocycles. The van der Waals surface area contributed by atoms with Crippen LogP contribution in [0, 0.1) is 0 Å². The van der Waals surface area contributed by atoms with Crippen molar-refractivity contribution in [2.24, 2.45) is 5.73 Å². The first-order chi connectivity index (χ1) is 14.5. The van der Waals surface area contributed by atoms with Gasteiger partial charge in [0.05, 0.1) is 11.0 Å². The highest BCUT2D eigenvalue weighted by molar-refractivity contribution is 6.35. The van der Waals surface area contributed by atoms with Gasteiger partial charge in [-0.2, -0.15) is 0 Å². The number of benzene rings is 3. The van der Waals surface area contributed by atoms with Crippen LogP contribution in [0.25, 0.3) is 16.7 Å². The zero-order valence-electron chi connectivity index (χ0n) is 16.3. The van der Waals surface area contributed by atoms with Crippen LogP contribution in [0.15, 0.2) is 67.2 Å². The van der Waals surface area contributed by atoms with E-state index in [1.165, 1.54) is 0 Å². The number of hydrogen-bond acceptors (Lipinski definition) is 3. The van der Waals surface area contributed by atoms with Crippen LogP contribution in [-0.2, 0) is 19.4 Å². The average molecular weight is 438 g/mol. The monoisotopic (exact) mass is 437 g/mol. The van der Waals surface area contributed by atoms with E-state index in [0.29, 0.717) is 22.3 Å². The molecule has 30 heavy (non-hydrogen) atoms. The molecule has 1 aromatic heterocycles. The number of aromatic amines is 1. The summed E-state index contributed by atoms with van der Waals surface area (Å²) in [6, 6.07) is 19.3. The van der Waals surface area contributed by atoms with Crippen LogP contribution in [0.1, 0.15) is 22.5 Å². The van der Waals surface area contributed by atoms with Crippen LogP contribution >= 0.6 is 23.2 Å². The molecule has 0 saturated heterocycles. The van der Waals surface area contributed by atoms with Crippen molar-refractivity contribution in [3.05, 3.63) is 99.8 Å². The van der Waals surface area contributed by atoms with Gasteiger partial charge in [-0.1, -0.05) is 60.1 Å². The molecular formula is C24H21Cl2N3O. The zero-order chi connectivity index (χ0) is 21.1. The number of nitrogens with one attached hydrogen (secondary N) is 1. The third kappa shape index (κ3) is 4.61. The molecule has 0 aliphatic heterocycles. The molecule has 0 fully saturated rings. The molecule has 0 bridgehead atoms. The Morgan fingerprint density at radius 1 is 1.00 bits per heavy atom. The van der Waals surface area contributed by atoms with Crippen LogP contribution in [0.3, 0.4) is 0 Å². The molecule has 0 unspecified atom stereocenters. The summed E-state index contributed by atoms with van der Waals surface area (Å²) in [4.78, 5) is 8.03. The highest BCUT2D eigenvalue weighted by Crippen LogP contribution is 2.27. The second-order valence-corrected chi connectivity index (χ2v) is 7.92. The Bertz CT molecular complexity index is 1180. The van der Waals surface area contributed by atoms with Gasteiger partial charge in [-0.15, -0.1) is 0 Å². The fourth-order valence-corrected chi connectivity index (χ4v) is 3.73. The van der Waals surface area contributed by atoms with Gasteiger partial charge < -0.3 is 15.5 Å². The Labute approximate surface area is 185 Å². The Kier molecular flexibility index (Phi) is 5.98. The summed E-state index contributed by atoms with van der Waals surface area (Å²) in [5.41, 5.74) is 11.1. The highest BCUT2D eigenvalue weighted by Gasteiger charge is 2.10. The van der Waals surface area contributed by atoms with Gasteiger partial charge in [-0.3, -0.25) is 0 Å². The van der Waals surface area contributed by atoms with Gasteiger partial charge in [0, 0.05) is 33.3 Å². The highest BCUT2D eigenvalue weighted by atomic mass is 35.5. The van der Waals surface area contributed by atoms with Gasteiger partial charge in [0.1, 0.15) is 18.2 Å². The standard InChI is InChI=1S/C24H21Cl2N3O/c1-15(27)17-7-6-16(9-11-24-28-21-4-2-3-5-22(21)29-24)23(12-17)30-14-18-8-10-19(25)13-20(18)26/h2-8,10,12-13H,1,9,11,14,27H2,(H,28,29). The number of halogens is 2. The van der Waals surface area contributed by atoms with E-state index in [4.69, 9.17) is 33.7 Å². The summed E-state index contributed by atoms with van der Waals surface area (Å²) >= 11 is 12.3. The summed E-state index contributed by atoms with van der Waals surface area (Å²) in [6.45, 7) is 4.16. The van der Waals surface area contributed by atoms with Gasteiger partial charge in [-0.05, 0) is 42.3 Å². The molecule has 3 N–H and O–H groups in total. The molecule has 4 nitrogen and oxygen atoms in total. The third-order valence-corrected chi connectivity index (χ3v) is 5.49. The number of fused-ring (bicyclic) bond motifs is 1. The van der Waals surface area contributed by atoms with Gasteiger partial charge in [0.25, 0.3) is 0 Å². The van der Waals surface area contributed by atoms with E-state index in [1.807, 2.05) is 48.5 Å². The number of nitrogens with two attached hydrogens (primary N) is 1. The summed E-state index contributed by atoms with van der Waals surface area (Å²) in [7, 11) is 0. The predicted molar refractivity (Wildman–Crippen MR) is 124 cm³/mol. The number of rotatable bonds is 7. The van der Waals surface area contributed by atoms with Crippen molar-refractivity contribution in [2.45, 2.75) is 19.4 Å². The molecule has 1 heterocycles. The van der Waals surface area contributed by atoms with E-state index in [9.17, 15) is 0 Å². The van der Waals surface area contributed by atoms with Gasteiger partial charge in [0.15, 0.2) is 0 Å². The first kappa shape index (κ1) is 20.3. The number of hydrogen-bond donors (Lipinski definition) is 2. The Hall–Kier alpha value is -2.95. The smallest absolute Gasteiger partial charge is 0.123 e. The van der Waals surface area contributed by atoms with Crippen molar-refractivity contribution >= 4 is 39.9 Å². The Morgan fingerprint density at radius 2 is 1.80 bits per heavy atom. The largest absolute Gasteiger partial charge is 0.489 e. The van der Waals surface area contributed by atoms with Crippen molar-refractivity contribution in [3.63, 3.8) is 0 Å². The molecule has 4 aromatic rings. The Morgan fingerprint density at radius 3 is 2.57 bits per heavy atom. The van der Waals surface area contributed by atoms with Crippen molar-refractivity contribution in [1.82, 2.24) is 9.97 Å². The molecule has 0 atom stereocenters. The minimum absolute atomic E-state index is 0.328. The van der Waals surface area contributed by atoms with Crippen LogP contribution < -0.4 is 10.5 Å². The van der Waals surface area contributed by atoms with Crippen molar-refractivity contribution in [2.75, 3.05) is 0 Å². The quantitative estimate of drug-likeness (QED) is 0.363. The van der Waals surface area contributed by atoms with Crippen LogP contribution in [0.4, 0.5) is 0 Å². The number of H-pyrrole nitrogens is 1. The lowest BCUT2D eigenvalue weighted by molar-refractivity contribution is 0.303. The average Bonchev–Trinajstić information content (AvgIpc) is 3.15. The van der Waals surface area contributed by atoms with E-state index in [2.05, 4.69) is 16.5 Å². The molecule has 6 heteroatoms. The molecule has 4 rings (SSSR count).